The Bertz CT molecular complexity index is 1550. The van der Waals surface area contributed by atoms with Crippen LogP contribution in [0.2, 0.25) is 0 Å². The number of aromatic amines is 1. The molecule has 0 aliphatic heterocycles. The number of H-pyrrole nitrogens is 1. The molecule has 2 aromatic heterocycles. The van der Waals surface area contributed by atoms with Gasteiger partial charge in [0, 0.05) is 58.6 Å². The van der Waals surface area contributed by atoms with Gasteiger partial charge in [0.25, 0.3) is 0 Å². The second kappa shape index (κ2) is 10.5. The molecule has 0 amide bonds. The van der Waals surface area contributed by atoms with E-state index < -0.39 is 46.8 Å². The zero-order valence-corrected chi connectivity index (χ0v) is 23.6. The number of furan rings is 1. The van der Waals surface area contributed by atoms with Crippen LogP contribution in [-0.4, -0.2) is 36.1 Å². The number of phenolic OH excluding ortho intramolecular Hbond substituents is 1. The van der Waals surface area contributed by atoms with Crippen LogP contribution in [0, 0.1) is 48.7 Å². The SMILES string of the molecule is [CH2-][C@@H]1CCCC(C(=O)c2cc3ccc(OC)cc3o2)c2cc(O)c3[nH]c(C(F)(F)F)c(C(=O)OC)c3c21.[Ce]. The molecule has 2 atom stereocenters. The summed E-state index contributed by atoms with van der Waals surface area (Å²) in [5.74, 6) is -2.89. The van der Waals surface area contributed by atoms with E-state index in [1.807, 2.05) is 0 Å². The Morgan fingerprint density at radius 3 is 2.55 bits per heavy atom. The van der Waals surface area contributed by atoms with Crippen molar-refractivity contribution in [3.8, 4) is 11.5 Å². The molecule has 1 aliphatic carbocycles. The fourth-order valence-electron chi connectivity index (χ4n) is 5.22. The number of hydrogen-bond acceptors (Lipinski definition) is 6. The van der Waals surface area contributed by atoms with Gasteiger partial charge in [0.1, 0.15) is 22.8 Å². The average molecular weight is 655 g/mol. The Hall–Kier alpha value is -2.57. The number of ether oxygens (including phenoxy) is 2. The monoisotopic (exact) mass is 654 g/mol. The number of methoxy groups -OCH3 is 2. The summed E-state index contributed by atoms with van der Waals surface area (Å²) in [6, 6.07) is 8.01. The standard InChI is InChI=1S/C27H23F3NO6.Ce/c1-12-5-4-6-15(24(33)19-9-13-7-8-14(35-2)10-18(13)37-19)16-11-17(32)23-21(20(12)16)22(26(34)36-3)25(31-23)27(28,29)30;/h7-12,15,31-32H,1,4-6H2,2-3H3;/q-1;/t12-,15?;/m1./s1. The molecule has 198 valence electrons. The second-order valence-corrected chi connectivity index (χ2v) is 9.07. The molecule has 38 heavy (non-hydrogen) atoms. The van der Waals surface area contributed by atoms with E-state index in [-0.39, 0.29) is 58.4 Å². The molecule has 2 aromatic carbocycles. The third-order valence-corrected chi connectivity index (χ3v) is 6.92. The third-order valence-electron chi connectivity index (χ3n) is 6.92. The molecule has 1 aliphatic rings. The molecule has 2 heterocycles. The first-order valence-electron chi connectivity index (χ1n) is 11.6. The van der Waals surface area contributed by atoms with Gasteiger partial charge >= 0.3 is 12.1 Å². The summed E-state index contributed by atoms with van der Waals surface area (Å²) in [7, 11) is 2.49. The molecule has 11 heteroatoms. The van der Waals surface area contributed by atoms with Crippen LogP contribution < -0.4 is 4.74 Å². The van der Waals surface area contributed by atoms with E-state index in [1.165, 1.54) is 13.2 Å². The van der Waals surface area contributed by atoms with E-state index in [0.29, 0.717) is 47.1 Å². The largest absolute Gasteiger partial charge is 0.506 e. The van der Waals surface area contributed by atoms with Crippen LogP contribution in [0.3, 0.4) is 0 Å². The van der Waals surface area contributed by atoms with Crippen LogP contribution in [-0.2, 0) is 10.9 Å². The number of aromatic hydroxyl groups is 1. The zero-order valence-electron chi connectivity index (χ0n) is 20.5. The first-order chi connectivity index (χ1) is 17.5. The Morgan fingerprint density at radius 1 is 1.16 bits per heavy atom. The van der Waals surface area contributed by atoms with Gasteiger partial charge in [0.15, 0.2) is 5.76 Å². The smallest absolute Gasteiger partial charge is 0.432 e. The molecule has 0 saturated heterocycles. The van der Waals surface area contributed by atoms with Crippen molar-refractivity contribution >= 4 is 33.6 Å². The fraction of sp³-hybridized carbons (Fsp3) is 0.296. The maximum absolute atomic E-state index is 13.9. The van der Waals surface area contributed by atoms with Crippen molar-refractivity contribution in [2.75, 3.05) is 14.2 Å². The Kier molecular flexibility index (Phi) is 7.88. The number of carbonyl (C=O) groups excluding carboxylic acids is 2. The molecule has 0 fully saturated rings. The van der Waals surface area contributed by atoms with Crippen LogP contribution in [0.15, 0.2) is 34.7 Å². The second-order valence-electron chi connectivity index (χ2n) is 9.07. The van der Waals surface area contributed by atoms with Crippen LogP contribution >= 0.6 is 0 Å². The minimum Gasteiger partial charge on any atom is -0.506 e. The Morgan fingerprint density at radius 2 is 1.89 bits per heavy atom. The van der Waals surface area contributed by atoms with Gasteiger partial charge in [-0.2, -0.15) is 13.2 Å². The van der Waals surface area contributed by atoms with E-state index in [2.05, 4.69) is 16.6 Å². The van der Waals surface area contributed by atoms with Crippen molar-refractivity contribution in [2.45, 2.75) is 37.3 Å². The van der Waals surface area contributed by atoms with E-state index in [9.17, 15) is 27.9 Å². The summed E-state index contributed by atoms with van der Waals surface area (Å²) in [5, 5.41) is 11.3. The number of alkyl halides is 3. The molecular formula is C27H23CeF3NO6-. The zero-order chi connectivity index (χ0) is 26.6. The molecule has 0 spiro atoms. The number of aromatic nitrogens is 1. The predicted octanol–water partition coefficient (Wildman–Crippen LogP) is 6.50. The molecule has 2 N–H and O–H groups in total. The van der Waals surface area contributed by atoms with Gasteiger partial charge in [-0.05, 0) is 36.2 Å². The minimum atomic E-state index is -4.92. The number of carbonyl (C=O) groups is 2. The van der Waals surface area contributed by atoms with E-state index in [4.69, 9.17) is 9.15 Å². The average Bonchev–Trinajstić information content (AvgIpc) is 3.43. The van der Waals surface area contributed by atoms with E-state index in [1.54, 1.807) is 24.3 Å². The maximum Gasteiger partial charge on any atom is 0.432 e. The summed E-state index contributed by atoms with van der Waals surface area (Å²) >= 11 is 0. The van der Waals surface area contributed by atoms with Crippen LogP contribution in [0.4, 0.5) is 13.2 Å². The number of ketones is 1. The number of hydrogen-bond donors (Lipinski definition) is 2. The van der Waals surface area contributed by atoms with Crippen molar-refractivity contribution in [3.63, 3.8) is 0 Å². The summed E-state index contributed by atoms with van der Waals surface area (Å²) in [6.07, 6.45) is -3.57. The maximum atomic E-state index is 13.9. The van der Waals surface area contributed by atoms with Gasteiger partial charge in [0.05, 0.1) is 31.2 Å². The van der Waals surface area contributed by atoms with Crippen molar-refractivity contribution in [1.29, 1.82) is 0 Å². The summed E-state index contributed by atoms with van der Waals surface area (Å²) < 4.78 is 57.4. The number of phenols is 1. The molecule has 0 radical (unpaired) electrons. The van der Waals surface area contributed by atoms with E-state index >= 15 is 0 Å². The Labute approximate surface area is 249 Å². The number of halogens is 3. The van der Waals surface area contributed by atoms with Gasteiger partial charge < -0.3 is 30.9 Å². The van der Waals surface area contributed by atoms with Crippen LogP contribution in [0.25, 0.3) is 21.9 Å². The predicted molar refractivity (Wildman–Crippen MR) is 128 cm³/mol. The van der Waals surface area contributed by atoms with Crippen molar-refractivity contribution in [3.05, 3.63) is 65.4 Å². The molecular weight excluding hydrogens is 631 g/mol. The normalized spacial score (nSPS) is 17.5. The van der Waals surface area contributed by atoms with Crippen molar-refractivity contribution in [1.82, 2.24) is 4.98 Å². The Balaban J connectivity index is 0.00000336. The molecule has 1 unspecified atom stereocenters. The van der Waals surface area contributed by atoms with Crippen LogP contribution in [0.5, 0.6) is 11.5 Å². The summed E-state index contributed by atoms with van der Waals surface area (Å²) in [6.45, 7) is 4.12. The molecule has 4 aromatic rings. The number of fused-ring (bicyclic) bond motifs is 4. The third kappa shape index (κ3) is 4.71. The van der Waals surface area contributed by atoms with E-state index in [0.717, 1.165) is 7.11 Å². The molecule has 0 saturated carbocycles. The number of benzene rings is 2. The van der Waals surface area contributed by atoms with Gasteiger partial charge in [-0.15, -0.1) is 5.92 Å². The van der Waals surface area contributed by atoms with Gasteiger partial charge in [0.2, 0.25) is 5.78 Å². The van der Waals surface area contributed by atoms with Gasteiger partial charge in [-0.1, -0.05) is 18.4 Å². The van der Waals surface area contributed by atoms with Crippen molar-refractivity contribution < 1.29 is 83.5 Å². The van der Waals surface area contributed by atoms with Crippen molar-refractivity contribution in [2.24, 2.45) is 0 Å². The number of esters is 1. The summed E-state index contributed by atoms with van der Waals surface area (Å²) in [4.78, 5) is 28.5. The quantitative estimate of drug-likeness (QED) is 0.113. The first kappa shape index (κ1) is 28.4. The van der Waals surface area contributed by atoms with Gasteiger partial charge in [-0.3, -0.25) is 4.79 Å². The molecule has 0 bridgehead atoms. The minimum absolute atomic E-state index is 0. The fourth-order valence-corrected chi connectivity index (χ4v) is 5.22. The van der Waals surface area contributed by atoms with Crippen LogP contribution in [0.1, 0.15) is 68.8 Å². The molecule has 5 rings (SSSR count). The number of Topliss-reactive ketones (excluding diaryl/α,β-unsaturated/α-hetero) is 1. The molecule has 7 nitrogen and oxygen atoms in total. The number of rotatable bonds is 4. The van der Waals surface area contributed by atoms with Gasteiger partial charge in [-0.25, -0.2) is 4.79 Å². The topological polar surface area (TPSA) is 102 Å². The first-order valence-corrected chi connectivity index (χ1v) is 11.6. The summed E-state index contributed by atoms with van der Waals surface area (Å²) in [5.41, 5.74) is -1.28. The number of nitrogens with one attached hydrogen (secondary N) is 1.